The molecular weight excluding hydrogens is 504 g/mol. The van der Waals surface area contributed by atoms with Crippen LogP contribution >= 0.6 is 0 Å². The molecule has 0 spiro atoms. The number of methoxy groups -OCH3 is 4. The van der Waals surface area contributed by atoms with Gasteiger partial charge >= 0.3 is 0 Å². The molecule has 0 saturated heterocycles. The van der Waals surface area contributed by atoms with Gasteiger partial charge in [0.2, 0.25) is 0 Å². The van der Waals surface area contributed by atoms with Gasteiger partial charge in [-0.15, -0.1) is 0 Å². The number of aromatic nitrogens is 1. The van der Waals surface area contributed by atoms with E-state index in [2.05, 4.69) is 17.4 Å². The first-order valence-corrected chi connectivity index (χ1v) is 13.1. The maximum atomic E-state index is 13.8. The molecule has 5 aromatic rings. The predicted octanol–water partition coefficient (Wildman–Crippen LogP) is 6.36. The lowest BCUT2D eigenvalue weighted by atomic mass is 9.98. The Labute approximate surface area is 232 Å². The van der Waals surface area contributed by atoms with Crippen molar-refractivity contribution >= 4 is 33.1 Å². The van der Waals surface area contributed by atoms with E-state index in [0.717, 1.165) is 40.3 Å². The van der Waals surface area contributed by atoms with Crippen LogP contribution in [0.15, 0.2) is 66.9 Å². The summed E-state index contributed by atoms with van der Waals surface area (Å²) in [5.41, 5.74) is 5.53. The number of pyridine rings is 1. The van der Waals surface area contributed by atoms with Crippen LogP contribution < -0.4 is 24.3 Å². The molecule has 4 aromatic carbocycles. The maximum absolute atomic E-state index is 13.8. The molecule has 7 heteroatoms. The van der Waals surface area contributed by atoms with Crippen LogP contribution in [0, 0.1) is 0 Å². The van der Waals surface area contributed by atoms with Gasteiger partial charge in [-0.25, -0.2) is 0 Å². The van der Waals surface area contributed by atoms with Gasteiger partial charge in [-0.1, -0.05) is 24.3 Å². The van der Waals surface area contributed by atoms with Crippen LogP contribution in [0.2, 0.25) is 0 Å². The Bertz CT molecular complexity index is 1770. The van der Waals surface area contributed by atoms with Crippen LogP contribution in [0.25, 0.3) is 21.5 Å². The lowest BCUT2D eigenvalue weighted by Crippen LogP contribution is -2.15. The maximum Gasteiger partial charge on any atom is 0.256 e. The Balaban J connectivity index is 1.43. The molecule has 0 radical (unpaired) electrons. The van der Waals surface area contributed by atoms with Crippen LogP contribution in [0.1, 0.15) is 32.7 Å². The molecule has 1 heterocycles. The number of aryl methyl sites for hydroxylation is 2. The molecule has 1 aliphatic rings. The highest BCUT2D eigenvalue weighted by molar-refractivity contribution is 6.14. The van der Waals surface area contributed by atoms with Crippen LogP contribution in [-0.4, -0.2) is 39.3 Å². The molecule has 7 nitrogen and oxygen atoms in total. The summed E-state index contributed by atoms with van der Waals surface area (Å²) in [6.45, 7) is 0. The van der Waals surface area contributed by atoms with Gasteiger partial charge in [0.25, 0.3) is 5.91 Å². The predicted molar refractivity (Wildman–Crippen MR) is 157 cm³/mol. The molecule has 6 rings (SSSR count). The number of fused-ring (bicyclic) bond motifs is 1. The van der Waals surface area contributed by atoms with E-state index < -0.39 is 0 Å². The smallest absolute Gasteiger partial charge is 0.256 e. The zero-order valence-corrected chi connectivity index (χ0v) is 23.0. The Morgan fingerprint density at radius 2 is 1.45 bits per heavy atom. The van der Waals surface area contributed by atoms with Gasteiger partial charge in [0, 0.05) is 35.3 Å². The monoisotopic (exact) mass is 534 g/mol. The summed E-state index contributed by atoms with van der Waals surface area (Å²) < 4.78 is 22.2. The van der Waals surface area contributed by atoms with Gasteiger partial charge in [0.1, 0.15) is 0 Å². The lowest BCUT2D eigenvalue weighted by Gasteiger charge is -2.17. The normalized spacial score (nSPS) is 12.0. The molecular formula is C33H30N2O5. The minimum Gasteiger partial charge on any atom is -0.493 e. The molecule has 0 bridgehead atoms. The van der Waals surface area contributed by atoms with Crippen molar-refractivity contribution < 1.29 is 23.7 Å². The van der Waals surface area contributed by atoms with Crippen molar-refractivity contribution in [3.05, 3.63) is 94.8 Å². The Kier molecular flexibility index (Phi) is 6.64. The zero-order chi connectivity index (χ0) is 27.8. The van der Waals surface area contributed by atoms with Crippen LogP contribution in [0.5, 0.6) is 23.0 Å². The van der Waals surface area contributed by atoms with Gasteiger partial charge in [0.05, 0.1) is 34.1 Å². The molecule has 1 N–H and O–H groups in total. The molecule has 1 aliphatic carbocycles. The average molecular weight is 535 g/mol. The fourth-order valence-corrected chi connectivity index (χ4v) is 5.70. The summed E-state index contributed by atoms with van der Waals surface area (Å²) >= 11 is 0. The third-order valence-corrected chi connectivity index (χ3v) is 7.69. The van der Waals surface area contributed by atoms with Crippen molar-refractivity contribution in [2.75, 3.05) is 33.8 Å². The summed E-state index contributed by atoms with van der Waals surface area (Å²) in [7, 11) is 6.41. The highest BCUT2D eigenvalue weighted by atomic mass is 16.5. The summed E-state index contributed by atoms with van der Waals surface area (Å²) in [5.74, 6) is 2.19. The number of nitrogens with zero attached hydrogens (tertiary/aromatic N) is 1. The number of benzene rings is 4. The van der Waals surface area contributed by atoms with Crippen molar-refractivity contribution in [2.24, 2.45) is 0 Å². The van der Waals surface area contributed by atoms with E-state index in [-0.39, 0.29) is 5.91 Å². The van der Waals surface area contributed by atoms with Gasteiger partial charge in [0.15, 0.2) is 23.0 Å². The van der Waals surface area contributed by atoms with Gasteiger partial charge in [-0.3, -0.25) is 9.78 Å². The fourth-order valence-electron chi connectivity index (χ4n) is 5.70. The molecule has 0 saturated carbocycles. The van der Waals surface area contributed by atoms with Crippen LogP contribution in [0.3, 0.4) is 0 Å². The number of hydrogen-bond donors (Lipinski definition) is 1. The van der Waals surface area contributed by atoms with E-state index in [0.29, 0.717) is 40.7 Å². The summed E-state index contributed by atoms with van der Waals surface area (Å²) in [6, 6.07) is 19.7. The average Bonchev–Trinajstić information content (AvgIpc) is 3.41. The van der Waals surface area contributed by atoms with Crippen LogP contribution in [0.4, 0.5) is 5.69 Å². The zero-order valence-electron chi connectivity index (χ0n) is 23.0. The van der Waals surface area contributed by atoms with E-state index in [1.807, 2.05) is 42.5 Å². The molecule has 1 amide bonds. The fraction of sp³-hybridized carbons (Fsp3) is 0.212. The van der Waals surface area contributed by atoms with E-state index in [1.54, 1.807) is 40.7 Å². The standard InChI is InChI=1S/C33H30N2O5/c1-37-28-15-21-12-13-34-27(25(21)17-30(28)39-3)14-22-16-29(38-2)31(40-4)18-26(22)35-33(36)24-11-10-20-9-8-19-6-5-7-23(24)32(19)20/h5-7,10-13,15-18H,8-9,14H2,1-4H3,(H,35,36). The van der Waals surface area contributed by atoms with Crippen LogP contribution in [-0.2, 0) is 19.3 Å². The SMILES string of the molecule is COc1cc(Cc2nccc3cc(OC)c(OC)cc23)c(NC(=O)c2ccc3c4c(cccc24)CC3)cc1OC. The molecule has 0 aliphatic heterocycles. The van der Waals surface area contributed by atoms with E-state index in [1.165, 1.54) is 16.5 Å². The lowest BCUT2D eigenvalue weighted by molar-refractivity contribution is 0.102. The van der Waals surface area contributed by atoms with Crippen molar-refractivity contribution in [2.45, 2.75) is 19.3 Å². The Morgan fingerprint density at radius 3 is 2.20 bits per heavy atom. The second-order valence-corrected chi connectivity index (χ2v) is 9.79. The molecule has 0 unspecified atom stereocenters. The number of ether oxygens (including phenoxy) is 4. The summed E-state index contributed by atoms with van der Waals surface area (Å²) in [5, 5.41) is 7.25. The van der Waals surface area contributed by atoms with E-state index in [4.69, 9.17) is 23.9 Å². The second kappa shape index (κ2) is 10.4. The third-order valence-electron chi connectivity index (χ3n) is 7.69. The number of anilines is 1. The first-order valence-electron chi connectivity index (χ1n) is 13.1. The van der Waals surface area contributed by atoms with Crippen molar-refractivity contribution in [3.8, 4) is 23.0 Å². The minimum atomic E-state index is -0.179. The molecule has 202 valence electrons. The third kappa shape index (κ3) is 4.33. The first-order chi connectivity index (χ1) is 19.5. The van der Waals surface area contributed by atoms with Crippen molar-refractivity contribution in [3.63, 3.8) is 0 Å². The topological polar surface area (TPSA) is 78.9 Å². The number of amides is 1. The van der Waals surface area contributed by atoms with Crippen molar-refractivity contribution in [1.29, 1.82) is 0 Å². The highest BCUT2D eigenvalue weighted by Gasteiger charge is 2.21. The summed E-state index contributed by atoms with van der Waals surface area (Å²) in [6.07, 6.45) is 4.22. The molecule has 0 fully saturated rings. The second-order valence-electron chi connectivity index (χ2n) is 9.79. The Hall–Kier alpha value is -4.78. The molecule has 40 heavy (non-hydrogen) atoms. The largest absolute Gasteiger partial charge is 0.493 e. The highest BCUT2D eigenvalue weighted by Crippen LogP contribution is 2.38. The van der Waals surface area contributed by atoms with Crippen molar-refractivity contribution in [1.82, 2.24) is 4.98 Å². The number of carbonyl (C=O) groups is 1. The molecule has 0 atom stereocenters. The quantitative estimate of drug-likeness (QED) is 0.249. The Morgan fingerprint density at radius 1 is 0.775 bits per heavy atom. The number of carbonyl (C=O) groups excluding carboxylic acids is 1. The number of nitrogens with one attached hydrogen (secondary N) is 1. The van der Waals surface area contributed by atoms with E-state index in [9.17, 15) is 4.79 Å². The first kappa shape index (κ1) is 25.5. The minimum absolute atomic E-state index is 0.179. The van der Waals surface area contributed by atoms with Gasteiger partial charge in [-0.05, 0) is 76.0 Å². The number of rotatable bonds is 8. The van der Waals surface area contributed by atoms with E-state index >= 15 is 0 Å². The number of hydrogen-bond acceptors (Lipinski definition) is 6. The van der Waals surface area contributed by atoms with Gasteiger partial charge in [-0.2, -0.15) is 0 Å². The van der Waals surface area contributed by atoms with Gasteiger partial charge < -0.3 is 24.3 Å². The molecule has 1 aromatic heterocycles. The summed E-state index contributed by atoms with van der Waals surface area (Å²) in [4.78, 5) is 18.5.